The summed E-state index contributed by atoms with van der Waals surface area (Å²) in [5, 5.41) is 16.7. The molecule has 0 aliphatic carbocycles. The summed E-state index contributed by atoms with van der Waals surface area (Å²) in [5.74, 6) is -3.93. The van der Waals surface area contributed by atoms with Gasteiger partial charge in [-0.15, -0.1) is 0 Å². The lowest BCUT2D eigenvalue weighted by Crippen LogP contribution is -2.14. The highest BCUT2D eigenvalue weighted by atomic mass is 16.4. The second-order valence-corrected chi connectivity index (χ2v) is 2.31. The summed E-state index contributed by atoms with van der Waals surface area (Å²) in [4.78, 5) is 31.5. The van der Waals surface area contributed by atoms with Crippen LogP contribution in [-0.2, 0) is 14.4 Å². The van der Waals surface area contributed by atoms with Gasteiger partial charge in [-0.2, -0.15) is 0 Å². The van der Waals surface area contributed by atoms with Crippen LogP contribution in [0.4, 0.5) is 0 Å². The van der Waals surface area contributed by atoms with Gasteiger partial charge in [0, 0.05) is 6.08 Å². The number of carboxylic acid groups (broad SMARTS) is 2. The zero-order valence-electron chi connectivity index (χ0n) is 6.90. The molecule has 0 fully saturated rings. The van der Waals surface area contributed by atoms with E-state index in [2.05, 4.69) is 6.58 Å². The van der Waals surface area contributed by atoms with E-state index >= 15 is 0 Å². The van der Waals surface area contributed by atoms with Gasteiger partial charge in [0.1, 0.15) is 5.57 Å². The monoisotopic (exact) mass is 184 g/mol. The molecule has 0 bridgehead atoms. The van der Waals surface area contributed by atoms with E-state index in [1.165, 1.54) is 6.92 Å². The Morgan fingerprint density at radius 1 is 1.23 bits per heavy atom. The lowest BCUT2D eigenvalue weighted by molar-refractivity contribution is -0.136. The van der Waals surface area contributed by atoms with Crippen LogP contribution in [-0.4, -0.2) is 27.9 Å². The molecule has 0 aliphatic rings. The highest BCUT2D eigenvalue weighted by molar-refractivity contribution is 6.24. The SMILES string of the molecule is C=C(C)C(=O)C(=CC(=O)O)C(=O)O. The third kappa shape index (κ3) is 3.33. The third-order valence-electron chi connectivity index (χ3n) is 1.13. The largest absolute Gasteiger partial charge is 0.478 e. The number of hydrogen-bond acceptors (Lipinski definition) is 3. The van der Waals surface area contributed by atoms with Gasteiger partial charge in [-0.1, -0.05) is 6.58 Å². The van der Waals surface area contributed by atoms with Crippen molar-refractivity contribution in [3.05, 3.63) is 23.8 Å². The number of allylic oxidation sites excluding steroid dienone is 1. The first-order valence-corrected chi connectivity index (χ1v) is 3.24. The van der Waals surface area contributed by atoms with E-state index in [0.717, 1.165) is 0 Å². The topological polar surface area (TPSA) is 91.7 Å². The Morgan fingerprint density at radius 3 is 1.92 bits per heavy atom. The lowest BCUT2D eigenvalue weighted by Gasteiger charge is -1.98. The van der Waals surface area contributed by atoms with Gasteiger partial charge in [-0.3, -0.25) is 4.79 Å². The van der Waals surface area contributed by atoms with Crippen molar-refractivity contribution in [3.8, 4) is 0 Å². The van der Waals surface area contributed by atoms with Crippen LogP contribution in [0.2, 0.25) is 0 Å². The number of ketones is 1. The molecule has 70 valence electrons. The minimum Gasteiger partial charge on any atom is -0.478 e. The molecule has 0 aliphatic heterocycles. The Kier molecular flexibility index (Phi) is 3.58. The highest BCUT2D eigenvalue weighted by Crippen LogP contribution is 2.03. The molecule has 5 heteroatoms. The predicted octanol–water partition coefficient (Wildman–Crippen LogP) is 0.227. The third-order valence-corrected chi connectivity index (χ3v) is 1.13. The number of carboxylic acids is 2. The van der Waals surface area contributed by atoms with Gasteiger partial charge in [0.2, 0.25) is 0 Å². The fraction of sp³-hybridized carbons (Fsp3) is 0.125. The average molecular weight is 184 g/mol. The number of carbonyl (C=O) groups excluding carboxylic acids is 1. The second-order valence-electron chi connectivity index (χ2n) is 2.31. The molecule has 0 atom stereocenters. The van der Waals surface area contributed by atoms with E-state index in [-0.39, 0.29) is 5.57 Å². The van der Waals surface area contributed by atoms with Crippen molar-refractivity contribution in [2.45, 2.75) is 6.92 Å². The maximum Gasteiger partial charge on any atom is 0.339 e. The Balaban J connectivity index is 5.05. The number of hydrogen-bond donors (Lipinski definition) is 2. The molecule has 0 aromatic carbocycles. The molecule has 0 spiro atoms. The Labute approximate surface area is 74.0 Å². The number of Topliss-reactive ketones (excluding diaryl/α,β-unsaturated/α-hetero) is 1. The van der Waals surface area contributed by atoms with Crippen LogP contribution in [0.25, 0.3) is 0 Å². The van der Waals surface area contributed by atoms with Crippen LogP contribution in [0, 0.1) is 0 Å². The van der Waals surface area contributed by atoms with E-state index in [0.29, 0.717) is 6.08 Å². The number of carbonyl (C=O) groups is 3. The van der Waals surface area contributed by atoms with Gasteiger partial charge in [-0.25, -0.2) is 9.59 Å². The van der Waals surface area contributed by atoms with Crippen molar-refractivity contribution >= 4 is 17.7 Å². The second kappa shape index (κ2) is 4.20. The molecule has 0 aromatic rings. The van der Waals surface area contributed by atoms with Crippen LogP contribution in [0.1, 0.15) is 6.92 Å². The molecule has 0 amide bonds. The molecular formula is C8H8O5. The highest BCUT2D eigenvalue weighted by Gasteiger charge is 2.18. The van der Waals surface area contributed by atoms with E-state index in [4.69, 9.17) is 10.2 Å². The molecule has 0 saturated carbocycles. The molecule has 13 heavy (non-hydrogen) atoms. The first-order chi connectivity index (χ1) is 5.86. The van der Waals surface area contributed by atoms with Gasteiger partial charge in [-0.05, 0) is 12.5 Å². The van der Waals surface area contributed by atoms with E-state index in [1.807, 2.05) is 0 Å². The lowest BCUT2D eigenvalue weighted by atomic mass is 10.1. The summed E-state index contributed by atoms with van der Waals surface area (Å²) >= 11 is 0. The normalized spacial score (nSPS) is 10.7. The average Bonchev–Trinajstić information content (AvgIpc) is 1.97. The van der Waals surface area contributed by atoms with Crippen LogP contribution in [0.3, 0.4) is 0 Å². The maximum absolute atomic E-state index is 11.0. The van der Waals surface area contributed by atoms with Crippen LogP contribution < -0.4 is 0 Å². The van der Waals surface area contributed by atoms with Crippen LogP contribution in [0.5, 0.6) is 0 Å². The molecule has 2 N–H and O–H groups in total. The van der Waals surface area contributed by atoms with Crippen molar-refractivity contribution in [1.82, 2.24) is 0 Å². The fourth-order valence-electron chi connectivity index (χ4n) is 0.578. The minimum absolute atomic E-state index is 0.0186. The van der Waals surface area contributed by atoms with E-state index in [9.17, 15) is 14.4 Å². The van der Waals surface area contributed by atoms with Gasteiger partial charge < -0.3 is 10.2 Å². The summed E-state index contributed by atoms with van der Waals surface area (Å²) in [7, 11) is 0. The molecular weight excluding hydrogens is 176 g/mol. The quantitative estimate of drug-likeness (QED) is 0.370. The van der Waals surface area contributed by atoms with Crippen molar-refractivity contribution in [1.29, 1.82) is 0 Å². The Morgan fingerprint density at radius 2 is 1.69 bits per heavy atom. The number of rotatable bonds is 4. The zero-order valence-corrected chi connectivity index (χ0v) is 6.90. The summed E-state index contributed by atoms with van der Waals surface area (Å²) in [5.41, 5.74) is -0.810. The van der Waals surface area contributed by atoms with Crippen LogP contribution in [0.15, 0.2) is 23.8 Å². The minimum atomic E-state index is -1.57. The first-order valence-electron chi connectivity index (χ1n) is 3.24. The number of aliphatic carboxylic acids is 2. The fourth-order valence-corrected chi connectivity index (χ4v) is 0.578. The Hall–Kier alpha value is -1.91. The predicted molar refractivity (Wildman–Crippen MR) is 43.2 cm³/mol. The first kappa shape index (κ1) is 11.1. The molecule has 0 aromatic heterocycles. The van der Waals surface area contributed by atoms with E-state index < -0.39 is 23.3 Å². The summed E-state index contributed by atoms with van der Waals surface area (Å²) in [6, 6.07) is 0. The Bertz CT molecular complexity index is 310. The van der Waals surface area contributed by atoms with Gasteiger partial charge in [0.25, 0.3) is 0 Å². The zero-order chi connectivity index (χ0) is 10.6. The summed E-state index contributed by atoms with van der Waals surface area (Å²) < 4.78 is 0. The van der Waals surface area contributed by atoms with Crippen molar-refractivity contribution in [2.24, 2.45) is 0 Å². The molecule has 0 unspecified atom stereocenters. The standard InChI is InChI=1S/C8H8O5/c1-4(2)7(11)5(8(12)13)3-6(9)10/h3H,1H2,2H3,(H,9,10)(H,12,13). The summed E-state index contributed by atoms with van der Waals surface area (Å²) in [6.07, 6.45) is 0.347. The smallest absolute Gasteiger partial charge is 0.339 e. The maximum atomic E-state index is 11.0. The van der Waals surface area contributed by atoms with Gasteiger partial charge in [0.05, 0.1) is 0 Å². The van der Waals surface area contributed by atoms with Gasteiger partial charge >= 0.3 is 11.9 Å². The molecule has 0 rings (SSSR count). The van der Waals surface area contributed by atoms with E-state index in [1.54, 1.807) is 0 Å². The van der Waals surface area contributed by atoms with Crippen molar-refractivity contribution in [3.63, 3.8) is 0 Å². The van der Waals surface area contributed by atoms with Gasteiger partial charge in [0.15, 0.2) is 5.78 Å². The molecule has 0 radical (unpaired) electrons. The van der Waals surface area contributed by atoms with Crippen LogP contribution >= 0.6 is 0 Å². The van der Waals surface area contributed by atoms with Crippen molar-refractivity contribution in [2.75, 3.05) is 0 Å². The van der Waals surface area contributed by atoms with Crippen molar-refractivity contribution < 1.29 is 24.6 Å². The molecule has 5 nitrogen and oxygen atoms in total. The molecule has 0 saturated heterocycles. The summed E-state index contributed by atoms with van der Waals surface area (Å²) in [6.45, 7) is 4.53. The molecule has 0 heterocycles.